The number of hydrogen-bond acceptors (Lipinski definition) is 2. The molecule has 0 amide bonds. The molecule has 1 heterocycles. The predicted molar refractivity (Wildman–Crippen MR) is 72.9 cm³/mol. The molecule has 0 spiro atoms. The van der Waals surface area contributed by atoms with Crippen LogP contribution >= 0.6 is 15.9 Å². The van der Waals surface area contributed by atoms with Gasteiger partial charge in [-0.15, -0.1) is 0 Å². The number of hydrogen-bond donors (Lipinski definition) is 3. The minimum Gasteiger partial charge on any atom is -1.00 e. The molecule has 1 aromatic carbocycles. The molecular formula is C13H21BrCl2N2O2. The summed E-state index contributed by atoms with van der Waals surface area (Å²) >= 11 is 3.43. The van der Waals surface area contributed by atoms with Crippen LogP contribution in [-0.4, -0.2) is 50.5 Å². The van der Waals surface area contributed by atoms with Crippen molar-refractivity contribution in [2.45, 2.75) is 6.10 Å². The molecule has 20 heavy (non-hydrogen) atoms. The monoisotopic (exact) mass is 386 g/mol. The summed E-state index contributed by atoms with van der Waals surface area (Å²) < 4.78 is 6.55. The summed E-state index contributed by atoms with van der Waals surface area (Å²) in [7, 11) is 0. The van der Waals surface area contributed by atoms with Gasteiger partial charge in [0.1, 0.15) is 51.2 Å². The molecule has 0 aliphatic carbocycles. The lowest BCUT2D eigenvalue weighted by molar-refractivity contribution is -0.949. The second kappa shape index (κ2) is 10.7. The molecule has 1 aliphatic heterocycles. The summed E-state index contributed by atoms with van der Waals surface area (Å²) in [6.07, 6.45) is -0.398. The van der Waals surface area contributed by atoms with E-state index < -0.39 is 6.10 Å². The molecule has 1 aromatic rings. The zero-order valence-corrected chi connectivity index (χ0v) is 14.3. The fraction of sp³-hybridized carbons (Fsp3) is 0.538. The van der Waals surface area contributed by atoms with E-state index in [1.54, 1.807) is 0 Å². The van der Waals surface area contributed by atoms with E-state index in [-0.39, 0.29) is 24.8 Å². The Bertz CT molecular complexity index is 379. The number of piperazine rings is 1. The van der Waals surface area contributed by atoms with Crippen LogP contribution in [0.5, 0.6) is 5.75 Å². The SMILES string of the molecule is OC(COc1ccccc1Br)C[NH+]1CC[NH2+]CC1.[Cl-].[Cl-]. The Morgan fingerprint density at radius 2 is 1.90 bits per heavy atom. The Morgan fingerprint density at radius 3 is 2.55 bits per heavy atom. The van der Waals surface area contributed by atoms with Crippen molar-refractivity contribution in [2.24, 2.45) is 0 Å². The van der Waals surface area contributed by atoms with Gasteiger partial charge in [0.05, 0.1) is 4.47 Å². The number of nitrogens with two attached hydrogens (primary N) is 1. The van der Waals surface area contributed by atoms with Gasteiger partial charge in [-0.2, -0.15) is 0 Å². The van der Waals surface area contributed by atoms with Crippen molar-refractivity contribution >= 4 is 15.9 Å². The molecular weight excluding hydrogens is 367 g/mol. The van der Waals surface area contributed by atoms with Gasteiger partial charge in [0.15, 0.2) is 0 Å². The van der Waals surface area contributed by atoms with Crippen molar-refractivity contribution < 1.29 is 44.9 Å². The van der Waals surface area contributed by atoms with Crippen LogP contribution in [0.2, 0.25) is 0 Å². The summed E-state index contributed by atoms with van der Waals surface area (Å²) in [4.78, 5) is 1.47. The molecule has 1 atom stereocenters. The van der Waals surface area contributed by atoms with E-state index in [9.17, 15) is 5.11 Å². The number of benzene rings is 1. The lowest BCUT2D eigenvalue weighted by atomic mass is 10.3. The van der Waals surface area contributed by atoms with Crippen LogP contribution in [0.25, 0.3) is 0 Å². The van der Waals surface area contributed by atoms with Gasteiger partial charge in [-0.3, -0.25) is 0 Å². The van der Waals surface area contributed by atoms with E-state index >= 15 is 0 Å². The number of quaternary nitrogens is 2. The maximum atomic E-state index is 9.98. The molecule has 1 fully saturated rings. The third-order valence-electron chi connectivity index (χ3n) is 3.20. The Hall–Kier alpha value is -0.0400. The molecule has 4 nitrogen and oxygen atoms in total. The molecule has 7 heteroatoms. The Morgan fingerprint density at radius 1 is 1.25 bits per heavy atom. The van der Waals surface area contributed by atoms with Crippen LogP contribution < -0.4 is 39.8 Å². The van der Waals surface area contributed by atoms with E-state index in [0.29, 0.717) is 6.61 Å². The quantitative estimate of drug-likeness (QED) is 0.470. The lowest BCUT2D eigenvalue weighted by Gasteiger charge is -2.24. The second-order valence-electron chi connectivity index (χ2n) is 4.72. The van der Waals surface area contributed by atoms with Crippen LogP contribution in [0.3, 0.4) is 0 Å². The van der Waals surface area contributed by atoms with Crippen LogP contribution in [0.1, 0.15) is 0 Å². The highest BCUT2D eigenvalue weighted by Crippen LogP contribution is 2.23. The Balaban J connectivity index is 0.00000180. The topological polar surface area (TPSA) is 50.5 Å². The summed E-state index contributed by atoms with van der Waals surface area (Å²) in [5.41, 5.74) is 0. The first-order chi connectivity index (χ1) is 8.75. The maximum Gasteiger partial charge on any atom is 0.137 e. The molecule has 1 unspecified atom stereocenters. The normalized spacial score (nSPS) is 16.7. The molecule has 0 bridgehead atoms. The second-order valence-corrected chi connectivity index (χ2v) is 5.57. The number of aliphatic hydroxyl groups is 1. The highest BCUT2D eigenvalue weighted by Gasteiger charge is 2.19. The van der Waals surface area contributed by atoms with Crippen LogP contribution in [0.15, 0.2) is 28.7 Å². The van der Waals surface area contributed by atoms with Crippen molar-refractivity contribution in [3.63, 3.8) is 0 Å². The van der Waals surface area contributed by atoms with E-state index in [2.05, 4.69) is 21.2 Å². The zero-order valence-electron chi connectivity index (χ0n) is 11.2. The van der Waals surface area contributed by atoms with Crippen molar-refractivity contribution in [1.82, 2.24) is 0 Å². The summed E-state index contributed by atoms with van der Waals surface area (Å²) in [6, 6.07) is 7.72. The number of nitrogens with one attached hydrogen (secondary N) is 1. The van der Waals surface area contributed by atoms with Crippen LogP contribution in [0, 0.1) is 0 Å². The van der Waals surface area contributed by atoms with Gasteiger partial charge in [0, 0.05) is 0 Å². The molecule has 1 aliphatic rings. The summed E-state index contributed by atoms with van der Waals surface area (Å²) in [6.45, 7) is 5.71. The van der Waals surface area contributed by atoms with E-state index in [4.69, 9.17) is 4.74 Å². The zero-order chi connectivity index (χ0) is 12.8. The number of ether oxygens (including phenoxy) is 1. The number of para-hydroxylation sites is 1. The standard InChI is InChI=1S/C13H19BrN2O2.2ClH/c14-12-3-1-2-4-13(12)18-10-11(17)9-16-7-5-15-6-8-16;;/h1-4,11,15,17H,5-10H2;2*1H. The maximum absolute atomic E-state index is 9.98. The molecule has 0 radical (unpaired) electrons. The van der Waals surface area contributed by atoms with Gasteiger partial charge in [-0.25, -0.2) is 0 Å². The van der Waals surface area contributed by atoms with Gasteiger partial charge in [-0.1, -0.05) is 12.1 Å². The van der Waals surface area contributed by atoms with Crippen molar-refractivity contribution in [3.8, 4) is 5.75 Å². The highest BCUT2D eigenvalue weighted by atomic mass is 79.9. The fourth-order valence-corrected chi connectivity index (χ4v) is 2.62. The minimum absolute atomic E-state index is 0. The first-order valence-corrected chi connectivity index (χ1v) is 7.25. The average molecular weight is 388 g/mol. The smallest absolute Gasteiger partial charge is 0.137 e. The van der Waals surface area contributed by atoms with Crippen molar-refractivity contribution in [3.05, 3.63) is 28.7 Å². The summed E-state index contributed by atoms with van der Waals surface area (Å²) in [5, 5.41) is 12.3. The van der Waals surface area contributed by atoms with Gasteiger partial charge < -0.3 is 44.9 Å². The highest BCUT2D eigenvalue weighted by molar-refractivity contribution is 9.10. The molecule has 0 aromatic heterocycles. The number of aliphatic hydroxyl groups excluding tert-OH is 1. The van der Waals surface area contributed by atoms with Gasteiger partial charge in [-0.05, 0) is 28.1 Å². The molecule has 0 saturated carbocycles. The van der Waals surface area contributed by atoms with Crippen LogP contribution in [-0.2, 0) is 0 Å². The lowest BCUT2D eigenvalue weighted by Crippen LogP contribution is -3.21. The summed E-state index contributed by atoms with van der Waals surface area (Å²) in [5.74, 6) is 0.790. The van der Waals surface area contributed by atoms with Crippen molar-refractivity contribution in [1.29, 1.82) is 0 Å². The van der Waals surface area contributed by atoms with Gasteiger partial charge in [0.25, 0.3) is 0 Å². The Kier molecular flexibility index (Phi) is 10.6. The van der Waals surface area contributed by atoms with Gasteiger partial charge >= 0.3 is 0 Å². The first-order valence-electron chi connectivity index (χ1n) is 6.46. The van der Waals surface area contributed by atoms with Gasteiger partial charge in [0.2, 0.25) is 0 Å². The molecule has 2 rings (SSSR count). The fourth-order valence-electron chi connectivity index (χ4n) is 2.23. The van der Waals surface area contributed by atoms with Crippen LogP contribution in [0.4, 0.5) is 0 Å². The third kappa shape index (κ3) is 6.61. The number of rotatable bonds is 5. The largest absolute Gasteiger partial charge is 1.00 e. The van der Waals surface area contributed by atoms with E-state index in [1.807, 2.05) is 24.3 Å². The van der Waals surface area contributed by atoms with E-state index in [0.717, 1.165) is 42.9 Å². The third-order valence-corrected chi connectivity index (χ3v) is 3.85. The predicted octanol–water partition coefficient (Wildman–Crippen LogP) is -7.34. The van der Waals surface area contributed by atoms with E-state index in [1.165, 1.54) is 4.90 Å². The average Bonchev–Trinajstić information content (AvgIpc) is 2.39. The number of halogens is 3. The molecule has 4 N–H and O–H groups in total. The minimum atomic E-state index is -0.398. The molecule has 1 saturated heterocycles. The Labute approximate surface area is 140 Å². The van der Waals surface area contributed by atoms with Crippen molar-refractivity contribution in [2.75, 3.05) is 39.3 Å². The first kappa shape index (κ1) is 20.0. The molecule has 116 valence electrons.